The van der Waals surface area contributed by atoms with Gasteiger partial charge in [0.05, 0.1) is 18.7 Å². The third kappa shape index (κ3) is 4.97. The average Bonchev–Trinajstić information content (AvgIpc) is 3.08. The molecule has 1 aliphatic rings. The Bertz CT molecular complexity index is 1040. The summed E-state index contributed by atoms with van der Waals surface area (Å²) in [4.78, 5) is 30.3. The van der Waals surface area contributed by atoms with E-state index in [0.717, 1.165) is 5.56 Å². The van der Waals surface area contributed by atoms with E-state index < -0.39 is 12.0 Å². The normalized spacial score (nSPS) is 14.4. The fraction of sp³-hybridized carbons (Fsp3) is 0.364. The molecule has 0 aliphatic carbocycles. The Morgan fingerprint density at radius 2 is 2.03 bits per heavy atom. The molecular weight excluding hydrogens is 412 g/mol. The second kappa shape index (κ2) is 9.65. The first-order valence-electron chi connectivity index (χ1n) is 10.2. The van der Waals surface area contributed by atoms with Crippen LogP contribution in [0, 0.1) is 0 Å². The number of hydrazine groups is 1. The smallest absolute Gasteiger partial charge is 0.302 e. The molecule has 1 aromatic heterocycles. The minimum Gasteiger partial charge on any atom is -0.491 e. The molecule has 0 fully saturated rings. The lowest BCUT2D eigenvalue weighted by molar-refractivity contribution is -0.142. The molecule has 1 aromatic carbocycles. The molecule has 1 unspecified atom stereocenters. The Labute approximate surface area is 186 Å². The molecule has 2 aromatic rings. The first-order chi connectivity index (χ1) is 15.2. The molecule has 1 aliphatic heterocycles. The van der Waals surface area contributed by atoms with Crippen LogP contribution >= 0.6 is 0 Å². The van der Waals surface area contributed by atoms with Crippen LogP contribution in [0.3, 0.4) is 0 Å². The second-order valence-corrected chi connectivity index (χ2v) is 7.77. The van der Waals surface area contributed by atoms with Crippen LogP contribution in [0.4, 0.5) is 5.82 Å². The summed E-state index contributed by atoms with van der Waals surface area (Å²) in [6.45, 7) is 7.39. The van der Waals surface area contributed by atoms with Crippen LogP contribution in [-0.2, 0) is 16.1 Å². The lowest BCUT2D eigenvalue weighted by Gasteiger charge is -2.26. The van der Waals surface area contributed by atoms with Crippen LogP contribution in [0.15, 0.2) is 41.5 Å². The van der Waals surface area contributed by atoms with E-state index in [1.165, 1.54) is 11.9 Å². The summed E-state index contributed by atoms with van der Waals surface area (Å²) in [5.41, 5.74) is 1.86. The molecule has 4 N–H and O–H groups in total. The topological polar surface area (TPSA) is 136 Å². The van der Waals surface area contributed by atoms with E-state index in [9.17, 15) is 9.59 Å². The van der Waals surface area contributed by atoms with Crippen molar-refractivity contribution in [3.8, 4) is 5.75 Å². The number of hydrogen-bond donors (Lipinski definition) is 2. The van der Waals surface area contributed by atoms with E-state index in [2.05, 4.69) is 10.1 Å². The van der Waals surface area contributed by atoms with Crippen molar-refractivity contribution < 1.29 is 19.1 Å². The number of carbonyl (C=O) groups is 2. The van der Waals surface area contributed by atoms with Crippen molar-refractivity contribution in [1.29, 1.82) is 0 Å². The minimum atomic E-state index is -0.411. The average molecular weight is 441 g/mol. The van der Waals surface area contributed by atoms with Crippen molar-refractivity contribution in [2.45, 2.75) is 46.4 Å². The number of carbonyl (C=O) groups excluding carboxylic acids is 2. The van der Waals surface area contributed by atoms with E-state index in [1.807, 2.05) is 26.0 Å². The Hall–Kier alpha value is -3.66. The van der Waals surface area contributed by atoms with Gasteiger partial charge in [-0.3, -0.25) is 19.5 Å². The van der Waals surface area contributed by atoms with E-state index in [4.69, 9.17) is 21.2 Å². The largest absolute Gasteiger partial charge is 0.491 e. The molecule has 3 rings (SSSR count). The van der Waals surface area contributed by atoms with Crippen LogP contribution in [0.25, 0.3) is 0 Å². The molecule has 0 saturated heterocycles. The second-order valence-electron chi connectivity index (χ2n) is 7.77. The standard InChI is InChI=1S/C22H28N6O4/c1-13(2)32-17-9-8-16-11-27(22(30)18(16)10-17)20-7-5-6-19(25-20)21(26-23)28(24)14(3)12-31-15(4)29/h5-10,13-14H,11-12,23-24H2,1-4H3/b26-21-. The number of hydrogen-bond acceptors (Lipinski definition) is 8. The fourth-order valence-electron chi connectivity index (χ4n) is 3.30. The molecule has 1 atom stereocenters. The number of nitrogens with two attached hydrogens (primary N) is 2. The molecule has 1 amide bonds. The van der Waals surface area contributed by atoms with Crippen molar-refractivity contribution in [1.82, 2.24) is 9.99 Å². The SMILES string of the molecule is CC(=O)OCC(C)N(N)/C(=N\N)c1cccc(N2Cc3ccc(OC(C)C)cc3C2=O)n1. The molecular formula is C22H28N6O4. The van der Waals surface area contributed by atoms with E-state index in [-0.39, 0.29) is 24.5 Å². The molecule has 10 heteroatoms. The number of amidine groups is 1. The maximum absolute atomic E-state index is 13.1. The lowest BCUT2D eigenvalue weighted by atomic mass is 10.1. The van der Waals surface area contributed by atoms with Gasteiger partial charge in [-0.25, -0.2) is 10.8 Å². The summed E-state index contributed by atoms with van der Waals surface area (Å²) in [7, 11) is 0. The number of anilines is 1. The number of nitrogens with zero attached hydrogens (tertiary/aromatic N) is 4. The first-order valence-corrected chi connectivity index (χ1v) is 10.2. The van der Waals surface area contributed by atoms with Gasteiger partial charge in [0, 0.05) is 12.5 Å². The van der Waals surface area contributed by atoms with Crippen LogP contribution < -0.4 is 21.3 Å². The van der Waals surface area contributed by atoms with Gasteiger partial charge in [-0.2, -0.15) is 5.10 Å². The van der Waals surface area contributed by atoms with Crippen molar-refractivity contribution in [2.24, 2.45) is 16.8 Å². The number of fused-ring (bicyclic) bond motifs is 1. The maximum Gasteiger partial charge on any atom is 0.302 e. The van der Waals surface area contributed by atoms with Crippen molar-refractivity contribution in [2.75, 3.05) is 11.5 Å². The summed E-state index contributed by atoms with van der Waals surface area (Å²) in [5, 5.41) is 5.05. The molecule has 0 spiro atoms. The molecule has 0 radical (unpaired) electrons. The molecule has 0 saturated carbocycles. The number of ether oxygens (including phenoxy) is 2. The zero-order chi connectivity index (χ0) is 23.4. The van der Waals surface area contributed by atoms with Gasteiger partial charge in [0.2, 0.25) is 0 Å². The van der Waals surface area contributed by atoms with Crippen LogP contribution in [0.1, 0.15) is 49.3 Å². The zero-order valence-electron chi connectivity index (χ0n) is 18.6. The van der Waals surface area contributed by atoms with E-state index in [1.54, 1.807) is 36.1 Å². The molecule has 0 bridgehead atoms. The summed E-state index contributed by atoms with van der Waals surface area (Å²) in [6.07, 6.45) is 0.00965. The summed E-state index contributed by atoms with van der Waals surface area (Å²) >= 11 is 0. The third-order valence-electron chi connectivity index (χ3n) is 4.87. The number of esters is 1. The fourth-order valence-corrected chi connectivity index (χ4v) is 3.30. The molecule has 2 heterocycles. The molecule has 10 nitrogen and oxygen atoms in total. The van der Waals surface area contributed by atoms with Gasteiger partial charge in [-0.1, -0.05) is 12.1 Å². The monoisotopic (exact) mass is 440 g/mol. The number of aromatic nitrogens is 1. The zero-order valence-corrected chi connectivity index (χ0v) is 18.6. The number of hydrazone groups is 1. The Morgan fingerprint density at radius 3 is 2.69 bits per heavy atom. The number of pyridine rings is 1. The van der Waals surface area contributed by atoms with Crippen LogP contribution in [0.2, 0.25) is 0 Å². The van der Waals surface area contributed by atoms with Gasteiger partial charge in [-0.15, -0.1) is 0 Å². The highest BCUT2D eigenvalue weighted by atomic mass is 16.5. The van der Waals surface area contributed by atoms with Crippen LogP contribution in [-0.4, -0.2) is 46.5 Å². The van der Waals surface area contributed by atoms with E-state index >= 15 is 0 Å². The van der Waals surface area contributed by atoms with Gasteiger partial charge in [0.15, 0.2) is 5.84 Å². The maximum atomic E-state index is 13.1. The van der Waals surface area contributed by atoms with Gasteiger partial charge in [0.1, 0.15) is 23.9 Å². The van der Waals surface area contributed by atoms with Crippen LogP contribution in [0.5, 0.6) is 5.75 Å². The Kier molecular flexibility index (Phi) is 6.94. The third-order valence-corrected chi connectivity index (χ3v) is 4.87. The molecule has 32 heavy (non-hydrogen) atoms. The van der Waals surface area contributed by atoms with Crippen molar-refractivity contribution in [3.63, 3.8) is 0 Å². The summed E-state index contributed by atoms with van der Waals surface area (Å²) < 4.78 is 10.7. The summed E-state index contributed by atoms with van der Waals surface area (Å²) in [5.74, 6) is 12.4. The van der Waals surface area contributed by atoms with E-state index in [0.29, 0.717) is 29.4 Å². The predicted molar refractivity (Wildman–Crippen MR) is 120 cm³/mol. The molecule has 170 valence electrons. The van der Waals surface area contributed by atoms with Crippen molar-refractivity contribution >= 4 is 23.5 Å². The lowest BCUT2D eigenvalue weighted by Crippen LogP contribution is -2.47. The number of benzene rings is 1. The number of rotatable bonds is 7. The highest BCUT2D eigenvalue weighted by molar-refractivity contribution is 6.10. The minimum absolute atomic E-state index is 0.00965. The highest BCUT2D eigenvalue weighted by Crippen LogP contribution is 2.30. The first kappa shape index (κ1) is 23.0. The van der Waals surface area contributed by atoms with Gasteiger partial charge in [-0.05, 0) is 50.6 Å². The van der Waals surface area contributed by atoms with Gasteiger partial charge < -0.3 is 15.3 Å². The number of amides is 1. The van der Waals surface area contributed by atoms with Gasteiger partial charge in [0.25, 0.3) is 5.91 Å². The van der Waals surface area contributed by atoms with Gasteiger partial charge >= 0.3 is 5.97 Å². The Morgan fingerprint density at radius 1 is 1.28 bits per heavy atom. The highest BCUT2D eigenvalue weighted by Gasteiger charge is 2.30. The Balaban J connectivity index is 1.82. The van der Waals surface area contributed by atoms with Crippen molar-refractivity contribution in [3.05, 3.63) is 53.2 Å². The quantitative estimate of drug-likeness (QED) is 0.219. The predicted octanol–water partition coefficient (Wildman–Crippen LogP) is 1.78. The summed E-state index contributed by atoms with van der Waals surface area (Å²) in [6, 6.07) is 10.3.